The van der Waals surface area contributed by atoms with E-state index in [9.17, 15) is 0 Å². The molecule has 2 aromatic carbocycles. The smallest absolute Gasteiger partial charge is 0.171 e. The molecule has 21 heavy (non-hydrogen) atoms. The summed E-state index contributed by atoms with van der Waals surface area (Å²) < 4.78 is 0. The molecule has 0 unspecified atom stereocenters. The maximum Gasteiger partial charge on any atom is 0.171 e. The molecule has 2 rings (SSSR count). The molecule has 0 saturated carbocycles. The third-order valence-electron chi connectivity index (χ3n) is 3.34. The molecule has 110 valence electrons. The molecule has 2 aromatic rings. The highest BCUT2D eigenvalue weighted by atomic mass is 35.5. The minimum absolute atomic E-state index is 0.151. The van der Waals surface area contributed by atoms with Gasteiger partial charge in [-0.25, -0.2) is 0 Å². The number of benzene rings is 2. The van der Waals surface area contributed by atoms with Crippen molar-refractivity contribution in [2.75, 3.05) is 5.32 Å². The van der Waals surface area contributed by atoms with Gasteiger partial charge in [0.15, 0.2) is 5.11 Å². The fourth-order valence-electron chi connectivity index (χ4n) is 2.29. The quantitative estimate of drug-likeness (QED) is 0.778. The highest BCUT2D eigenvalue weighted by Crippen LogP contribution is 2.19. The summed E-state index contributed by atoms with van der Waals surface area (Å²) >= 11 is 11.2. The Morgan fingerprint density at radius 3 is 2.38 bits per heavy atom. The largest absolute Gasteiger partial charge is 0.356 e. The second kappa shape index (κ2) is 6.92. The highest BCUT2D eigenvalue weighted by molar-refractivity contribution is 7.80. The zero-order valence-electron chi connectivity index (χ0n) is 12.4. The molecule has 0 aliphatic heterocycles. The Hall–Kier alpha value is -1.58. The standard InChI is InChI=1S/C17H19ClN2S/c1-11-4-9-16(12(2)10-11)13(3)19-17(21)20-15-7-5-14(18)6-8-15/h4-10,13H,1-3H3,(H2,19,20,21)/t13-/m1/s1. The third-order valence-corrected chi connectivity index (χ3v) is 3.81. The molecule has 0 bridgehead atoms. The second-order valence-electron chi connectivity index (χ2n) is 5.19. The van der Waals surface area contributed by atoms with E-state index in [2.05, 4.69) is 49.6 Å². The van der Waals surface area contributed by atoms with Crippen LogP contribution in [0.25, 0.3) is 0 Å². The molecule has 0 heterocycles. The molecule has 0 radical (unpaired) electrons. The van der Waals surface area contributed by atoms with Crippen molar-refractivity contribution in [1.29, 1.82) is 0 Å². The SMILES string of the molecule is Cc1ccc([C@@H](C)NC(=S)Nc2ccc(Cl)cc2)c(C)c1. The fraction of sp³-hybridized carbons (Fsp3) is 0.235. The van der Waals surface area contributed by atoms with Gasteiger partial charge in [-0.2, -0.15) is 0 Å². The van der Waals surface area contributed by atoms with Crippen LogP contribution in [0.3, 0.4) is 0 Å². The van der Waals surface area contributed by atoms with Crippen molar-refractivity contribution in [2.45, 2.75) is 26.8 Å². The lowest BCUT2D eigenvalue weighted by atomic mass is 10.0. The number of thiocarbonyl (C=S) groups is 1. The van der Waals surface area contributed by atoms with E-state index in [0.29, 0.717) is 10.1 Å². The molecule has 0 amide bonds. The van der Waals surface area contributed by atoms with Crippen molar-refractivity contribution in [3.8, 4) is 0 Å². The average Bonchev–Trinajstić information content (AvgIpc) is 2.41. The van der Waals surface area contributed by atoms with Crippen LogP contribution in [0.1, 0.15) is 29.7 Å². The fourth-order valence-corrected chi connectivity index (χ4v) is 2.71. The van der Waals surface area contributed by atoms with Crippen LogP contribution in [0.15, 0.2) is 42.5 Å². The van der Waals surface area contributed by atoms with Crippen molar-refractivity contribution in [3.05, 3.63) is 64.2 Å². The van der Waals surface area contributed by atoms with E-state index < -0.39 is 0 Å². The molecule has 0 aromatic heterocycles. The van der Waals surface area contributed by atoms with E-state index >= 15 is 0 Å². The second-order valence-corrected chi connectivity index (χ2v) is 6.03. The number of halogens is 1. The van der Waals surface area contributed by atoms with Gasteiger partial charge in [0, 0.05) is 10.7 Å². The third kappa shape index (κ3) is 4.45. The van der Waals surface area contributed by atoms with Gasteiger partial charge >= 0.3 is 0 Å². The summed E-state index contributed by atoms with van der Waals surface area (Å²) in [6.07, 6.45) is 0. The van der Waals surface area contributed by atoms with Gasteiger partial charge in [-0.15, -0.1) is 0 Å². The zero-order chi connectivity index (χ0) is 15.4. The first kappa shape index (κ1) is 15.8. The van der Waals surface area contributed by atoms with Gasteiger partial charge < -0.3 is 10.6 Å². The summed E-state index contributed by atoms with van der Waals surface area (Å²) in [5.41, 5.74) is 4.71. The van der Waals surface area contributed by atoms with E-state index in [1.807, 2.05) is 24.3 Å². The summed E-state index contributed by atoms with van der Waals surface area (Å²) in [7, 11) is 0. The molecular weight excluding hydrogens is 300 g/mol. The number of hydrogen-bond donors (Lipinski definition) is 2. The minimum Gasteiger partial charge on any atom is -0.356 e. The van der Waals surface area contributed by atoms with Gasteiger partial charge in [-0.1, -0.05) is 35.4 Å². The summed E-state index contributed by atoms with van der Waals surface area (Å²) in [5.74, 6) is 0. The van der Waals surface area contributed by atoms with Gasteiger partial charge in [-0.3, -0.25) is 0 Å². The van der Waals surface area contributed by atoms with Crippen LogP contribution < -0.4 is 10.6 Å². The van der Waals surface area contributed by atoms with Crippen LogP contribution in [0, 0.1) is 13.8 Å². The summed E-state index contributed by atoms with van der Waals surface area (Å²) in [4.78, 5) is 0. The van der Waals surface area contributed by atoms with Gasteiger partial charge in [0.1, 0.15) is 0 Å². The van der Waals surface area contributed by atoms with Crippen LogP contribution in [0.5, 0.6) is 0 Å². The average molecular weight is 319 g/mol. The first-order valence-electron chi connectivity index (χ1n) is 6.86. The first-order valence-corrected chi connectivity index (χ1v) is 7.64. The molecule has 2 nitrogen and oxygen atoms in total. The maximum atomic E-state index is 5.87. The molecule has 2 N–H and O–H groups in total. The normalized spacial score (nSPS) is 11.8. The summed E-state index contributed by atoms with van der Waals surface area (Å²) in [6, 6.07) is 14.1. The van der Waals surface area contributed by atoms with Crippen molar-refractivity contribution in [3.63, 3.8) is 0 Å². The van der Waals surface area contributed by atoms with Crippen LogP contribution >= 0.6 is 23.8 Å². The van der Waals surface area contributed by atoms with E-state index in [1.165, 1.54) is 16.7 Å². The summed E-state index contributed by atoms with van der Waals surface area (Å²) in [5, 5.41) is 7.78. The highest BCUT2D eigenvalue weighted by Gasteiger charge is 2.09. The molecular formula is C17H19ClN2S. The Morgan fingerprint density at radius 2 is 1.76 bits per heavy atom. The number of hydrogen-bond acceptors (Lipinski definition) is 1. The van der Waals surface area contributed by atoms with Crippen molar-refractivity contribution in [1.82, 2.24) is 5.32 Å². The van der Waals surface area contributed by atoms with Gasteiger partial charge in [0.2, 0.25) is 0 Å². The molecule has 0 aliphatic carbocycles. The number of anilines is 1. The van der Waals surface area contributed by atoms with Gasteiger partial charge in [0.25, 0.3) is 0 Å². The van der Waals surface area contributed by atoms with Crippen molar-refractivity contribution >= 4 is 34.6 Å². The first-order chi connectivity index (χ1) is 9.95. The molecule has 4 heteroatoms. The summed E-state index contributed by atoms with van der Waals surface area (Å²) in [6.45, 7) is 6.32. The Labute approximate surface area is 136 Å². The topological polar surface area (TPSA) is 24.1 Å². The lowest BCUT2D eigenvalue weighted by Crippen LogP contribution is -2.31. The molecule has 0 aliphatic rings. The Balaban J connectivity index is 2.00. The van der Waals surface area contributed by atoms with E-state index in [0.717, 1.165) is 5.69 Å². The Bertz CT molecular complexity index is 638. The zero-order valence-corrected chi connectivity index (χ0v) is 14.0. The van der Waals surface area contributed by atoms with Gasteiger partial charge in [0.05, 0.1) is 6.04 Å². The maximum absolute atomic E-state index is 5.87. The Kier molecular flexibility index (Phi) is 5.21. The van der Waals surface area contributed by atoms with Crippen LogP contribution in [-0.2, 0) is 0 Å². The predicted molar refractivity (Wildman–Crippen MR) is 95.1 cm³/mol. The molecule has 0 spiro atoms. The van der Waals surface area contributed by atoms with E-state index in [4.69, 9.17) is 23.8 Å². The molecule has 0 fully saturated rings. The lowest BCUT2D eigenvalue weighted by molar-refractivity contribution is 0.717. The Morgan fingerprint density at radius 1 is 1.10 bits per heavy atom. The molecule has 0 saturated heterocycles. The number of aryl methyl sites for hydroxylation is 2. The van der Waals surface area contributed by atoms with Gasteiger partial charge in [-0.05, 0) is 68.4 Å². The lowest BCUT2D eigenvalue weighted by Gasteiger charge is -2.19. The number of rotatable bonds is 3. The van der Waals surface area contributed by atoms with Crippen LogP contribution in [0.4, 0.5) is 5.69 Å². The van der Waals surface area contributed by atoms with Crippen LogP contribution in [-0.4, -0.2) is 5.11 Å². The predicted octanol–water partition coefficient (Wildman–Crippen LogP) is 5.00. The van der Waals surface area contributed by atoms with Crippen molar-refractivity contribution in [2.24, 2.45) is 0 Å². The van der Waals surface area contributed by atoms with Crippen molar-refractivity contribution < 1.29 is 0 Å². The molecule has 1 atom stereocenters. The van der Waals surface area contributed by atoms with E-state index in [1.54, 1.807) is 0 Å². The monoisotopic (exact) mass is 318 g/mol. The number of nitrogens with one attached hydrogen (secondary N) is 2. The minimum atomic E-state index is 0.151. The van der Waals surface area contributed by atoms with E-state index in [-0.39, 0.29) is 6.04 Å². The van der Waals surface area contributed by atoms with Crippen LogP contribution in [0.2, 0.25) is 5.02 Å².